The van der Waals surface area contributed by atoms with Gasteiger partial charge in [0.15, 0.2) is 0 Å². The van der Waals surface area contributed by atoms with E-state index < -0.39 is 0 Å². The highest BCUT2D eigenvalue weighted by molar-refractivity contribution is 5.31. The van der Waals surface area contributed by atoms with Crippen LogP contribution in [0, 0.1) is 6.92 Å². The van der Waals surface area contributed by atoms with E-state index in [1.807, 2.05) is 0 Å². The highest BCUT2D eigenvalue weighted by Gasteiger charge is 2.39. The monoisotopic (exact) mass is 243 g/mol. The molecule has 0 atom stereocenters. The Labute approximate surface area is 111 Å². The van der Waals surface area contributed by atoms with Gasteiger partial charge >= 0.3 is 0 Å². The summed E-state index contributed by atoms with van der Waals surface area (Å²) >= 11 is 0. The normalized spacial score (nSPS) is 23.6. The van der Waals surface area contributed by atoms with E-state index in [1.165, 1.54) is 63.7 Å². The van der Waals surface area contributed by atoms with Crippen molar-refractivity contribution in [1.29, 1.82) is 0 Å². The molecule has 1 aromatic carbocycles. The molecule has 1 aliphatic carbocycles. The zero-order valence-corrected chi connectivity index (χ0v) is 11.6. The lowest BCUT2D eigenvalue weighted by molar-refractivity contribution is 0.122. The van der Waals surface area contributed by atoms with Crippen LogP contribution in [0.1, 0.15) is 49.7 Å². The first-order valence-electron chi connectivity index (χ1n) is 7.58. The molecule has 18 heavy (non-hydrogen) atoms. The highest BCUT2D eigenvalue weighted by atomic mass is 15.1. The molecule has 0 amide bonds. The number of nitrogens with zero attached hydrogens (tertiary/aromatic N) is 1. The minimum absolute atomic E-state index is 0.491. The Morgan fingerprint density at radius 2 is 1.61 bits per heavy atom. The maximum absolute atomic E-state index is 2.71. The first-order valence-corrected chi connectivity index (χ1v) is 7.58. The summed E-state index contributed by atoms with van der Waals surface area (Å²) in [7, 11) is 0. The smallest absolute Gasteiger partial charge is 0.00803 e. The average molecular weight is 243 g/mol. The van der Waals surface area contributed by atoms with Crippen molar-refractivity contribution >= 4 is 0 Å². The van der Waals surface area contributed by atoms with E-state index >= 15 is 0 Å². The van der Waals surface area contributed by atoms with Gasteiger partial charge in [-0.25, -0.2) is 0 Å². The van der Waals surface area contributed by atoms with Gasteiger partial charge in [0.05, 0.1) is 0 Å². The molecule has 0 N–H and O–H groups in total. The summed E-state index contributed by atoms with van der Waals surface area (Å²) in [6.45, 7) is 6.14. The van der Waals surface area contributed by atoms with Gasteiger partial charge in [-0.3, -0.25) is 0 Å². The van der Waals surface area contributed by atoms with Crippen LogP contribution in [0.3, 0.4) is 0 Å². The molecule has 0 spiro atoms. The molecule has 1 heteroatoms. The number of rotatable bonds is 3. The van der Waals surface area contributed by atoms with Crippen LogP contribution in [0.25, 0.3) is 0 Å². The van der Waals surface area contributed by atoms with Crippen LogP contribution in [0.5, 0.6) is 0 Å². The van der Waals surface area contributed by atoms with Gasteiger partial charge in [-0.05, 0) is 51.3 Å². The third-order valence-electron chi connectivity index (χ3n) is 4.95. The molecule has 1 heterocycles. The van der Waals surface area contributed by atoms with Gasteiger partial charge in [-0.2, -0.15) is 0 Å². The van der Waals surface area contributed by atoms with Gasteiger partial charge in [-0.1, -0.05) is 42.7 Å². The van der Waals surface area contributed by atoms with Crippen LogP contribution in [0.15, 0.2) is 24.3 Å². The first-order chi connectivity index (χ1) is 8.78. The Balaban J connectivity index is 1.74. The van der Waals surface area contributed by atoms with Gasteiger partial charge in [0.25, 0.3) is 0 Å². The van der Waals surface area contributed by atoms with E-state index in [-0.39, 0.29) is 0 Å². The standard InChI is InChI=1S/C17H25N/c1-15-6-8-16(9-7-15)17(10-5-11-17)14-18-12-3-2-4-13-18/h6-9H,2-5,10-14H2,1H3. The summed E-state index contributed by atoms with van der Waals surface area (Å²) in [4.78, 5) is 2.71. The van der Waals surface area contributed by atoms with E-state index in [0.717, 1.165) is 0 Å². The second-order valence-corrected chi connectivity index (χ2v) is 6.34. The van der Waals surface area contributed by atoms with Crippen molar-refractivity contribution in [3.05, 3.63) is 35.4 Å². The van der Waals surface area contributed by atoms with E-state index in [4.69, 9.17) is 0 Å². The summed E-state index contributed by atoms with van der Waals surface area (Å²) in [6, 6.07) is 9.31. The second kappa shape index (κ2) is 5.05. The summed E-state index contributed by atoms with van der Waals surface area (Å²) < 4.78 is 0. The highest BCUT2D eigenvalue weighted by Crippen LogP contribution is 2.44. The van der Waals surface area contributed by atoms with Gasteiger partial charge in [0.2, 0.25) is 0 Å². The Kier molecular flexibility index (Phi) is 3.43. The molecular weight excluding hydrogens is 218 g/mol. The quantitative estimate of drug-likeness (QED) is 0.778. The molecule has 1 aliphatic heterocycles. The molecule has 1 saturated heterocycles. The third-order valence-corrected chi connectivity index (χ3v) is 4.95. The van der Waals surface area contributed by atoms with Crippen molar-refractivity contribution in [2.45, 2.75) is 50.9 Å². The van der Waals surface area contributed by atoms with Crippen LogP contribution in [0.4, 0.5) is 0 Å². The van der Waals surface area contributed by atoms with Crippen molar-refractivity contribution in [1.82, 2.24) is 4.90 Å². The molecule has 1 nitrogen and oxygen atoms in total. The minimum Gasteiger partial charge on any atom is -0.302 e. The summed E-state index contributed by atoms with van der Waals surface area (Å²) in [5.41, 5.74) is 3.46. The molecule has 2 aliphatic rings. The van der Waals surface area contributed by atoms with Gasteiger partial charge in [0, 0.05) is 12.0 Å². The molecule has 0 aromatic heterocycles. The molecule has 98 valence electrons. The van der Waals surface area contributed by atoms with Gasteiger partial charge in [-0.15, -0.1) is 0 Å². The number of piperidine rings is 1. The molecule has 1 saturated carbocycles. The Bertz CT molecular complexity index is 383. The van der Waals surface area contributed by atoms with E-state index in [2.05, 4.69) is 36.1 Å². The van der Waals surface area contributed by atoms with Crippen LogP contribution in [-0.4, -0.2) is 24.5 Å². The predicted molar refractivity (Wildman–Crippen MR) is 77.0 cm³/mol. The fraction of sp³-hybridized carbons (Fsp3) is 0.647. The van der Waals surface area contributed by atoms with Crippen LogP contribution >= 0.6 is 0 Å². The SMILES string of the molecule is Cc1ccc(C2(CN3CCCCC3)CCC2)cc1. The average Bonchev–Trinajstić information content (AvgIpc) is 2.36. The summed E-state index contributed by atoms with van der Waals surface area (Å²) in [5, 5.41) is 0. The van der Waals surface area contributed by atoms with Crippen LogP contribution < -0.4 is 0 Å². The summed E-state index contributed by atoms with van der Waals surface area (Å²) in [5.74, 6) is 0. The Hall–Kier alpha value is -0.820. The van der Waals surface area contributed by atoms with E-state index in [9.17, 15) is 0 Å². The van der Waals surface area contributed by atoms with Crippen LogP contribution in [0.2, 0.25) is 0 Å². The molecule has 0 radical (unpaired) electrons. The molecular formula is C17H25N. The third kappa shape index (κ3) is 2.33. The van der Waals surface area contributed by atoms with Gasteiger partial charge < -0.3 is 4.90 Å². The Morgan fingerprint density at radius 3 is 2.17 bits per heavy atom. The van der Waals surface area contributed by atoms with Crippen molar-refractivity contribution in [3.8, 4) is 0 Å². The fourth-order valence-corrected chi connectivity index (χ4v) is 3.59. The maximum Gasteiger partial charge on any atom is 0.00803 e. The minimum atomic E-state index is 0.491. The number of hydrogen-bond acceptors (Lipinski definition) is 1. The van der Waals surface area contributed by atoms with Crippen molar-refractivity contribution in [2.75, 3.05) is 19.6 Å². The van der Waals surface area contributed by atoms with Crippen LogP contribution in [-0.2, 0) is 5.41 Å². The molecule has 0 bridgehead atoms. The first kappa shape index (κ1) is 12.2. The predicted octanol–water partition coefficient (Wildman–Crippen LogP) is 3.90. The van der Waals surface area contributed by atoms with Gasteiger partial charge in [0.1, 0.15) is 0 Å². The van der Waals surface area contributed by atoms with Crippen molar-refractivity contribution < 1.29 is 0 Å². The lowest BCUT2D eigenvalue weighted by atomic mass is 9.64. The Morgan fingerprint density at radius 1 is 0.944 bits per heavy atom. The van der Waals surface area contributed by atoms with E-state index in [0.29, 0.717) is 5.41 Å². The molecule has 0 unspecified atom stereocenters. The lowest BCUT2D eigenvalue weighted by Gasteiger charge is -2.46. The van der Waals surface area contributed by atoms with E-state index in [1.54, 1.807) is 5.56 Å². The van der Waals surface area contributed by atoms with Crippen molar-refractivity contribution in [3.63, 3.8) is 0 Å². The number of benzene rings is 1. The molecule has 3 rings (SSSR count). The van der Waals surface area contributed by atoms with Crippen molar-refractivity contribution in [2.24, 2.45) is 0 Å². The maximum atomic E-state index is 2.71. The fourth-order valence-electron chi connectivity index (χ4n) is 3.59. The summed E-state index contributed by atoms with van der Waals surface area (Å²) in [6.07, 6.45) is 8.46. The number of likely N-dealkylation sites (tertiary alicyclic amines) is 1. The molecule has 1 aromatic rings. The molecule has 2 fully saturated rings. The second-order valence-electron chi connectivity index (χ2n) is 6.34. The lowest BCUT2D eigenvalue weighted by Crippen LogP contribution is -2.47. The zero-order chi connectivity index (χ0) is 12.4. The zero-order valence-electron chi connectivity index (χ0n) is 11.6. The largest absolute Gasteiger partial charge is 0.302 e. The number of hydrogen-bond donors (Lipinski definition) is 0. The topological polar surface area (TPSA) is 3.24 Å². The number of aryl methyl sites for hydroxylation is 1.